The highest BCUT2D eigenvalue weighted by Crippen LogP contribution is 2.26. The van der Waals surface area contributed by atoms with E-state index in [1.165, 1.54) is 6.07 Å². The molecule has 0 saturated carbocycles. The zero-order chi connectivity index (χ0) is 10.9. The van der Waals surface area contributed by atoms with Gasteiger partial charge in [-0.15, -0.1) is 0 Å². The molecule has 0 aliphatic rings. The van der Waals surface area contributed by atoms with E-state index in [4.69, 9.17) is 27.5 Å². The molecule has 0 radical (unpaired) electrons. The first kappa shape index (κ1) is 10.3. The Morgan fingerprint density at radius 1 is 1.21 bits per heavy atom. The molecule has 0 heterocycles. The third-order valence-corrected chi connectivity index (χ3v) is 1.97. The molecule has 1 aromatic rings. The Hall–Kier alpha value is -1.75. The summed E-state index contributed by atoms with van der Waals surface area (Å²) in [7, 11) is 0. The van der Waals surface area contributed by atoms with Crippen molar-refractivity contribution in [2.24, 2.45) is 0 Å². The lowest BCUT2D eigenvalue weighted by Crippen LogP contribution is -2.11. The normalized spacial score (nSPS) is 9.79. The zero-order valence-electron chi connectivity index (χ0n) is 6.82. The van der Waals surface area contributed by atoms with Gasteiger partial charge in [0.15, 0.2) is 0 Å². The summed E-state index contributed by atoms with van der Waals surface area (Å²) in [5, 5.41) is 17.4. The molecule has 5 nitrogen and oxygen atoms in total. The number of halogens is 1. The fourth-order valence-corrected chi connectivity index (χ4v) is 1.16. The molecule has 6 heteroatoms. The summed E-state index contributed by atoms with van der Waals surface area (Å²) in [6.45, 7) is 0. The number of nitrogen functional groups attached to an aromatic ring is 1. The number of carbonyl (C=O) groups is 2. The minimum Gasteiger partial charge on any atom is -0.478 e. The number of anilines is 1. The van der Waals surface area contributed by atoms with Gasteiger partial charge in [-0.1, -0.05) is 11.6 Å². The summed E-state index contributed by atoms with van der Waals surface area (Å²) in [6.07, 6.45) is 0. The van der Waals surface area contributed by atoms with Crippen LogP contribution in [0.4, 0.5) is 5.69 Å². The molecular weight excluding hydrogens is 210 g/mol. The molecule has 4 N–H and O–H groups in total. The van der Waals surface area contributed by atoms with Crippen molar-refractivity contribution in [2.45, 2.75) is 0 Å². The van der Waals surface area contributed by atoms with Gasteiger partial charge in [-0.2, -0.15) is 0 Å². The lowest BCUT2D eigenvalue weighted by molar-refractivity contribution is 0.0652. The predicted molar refractivity (Wildman–Crippen MR) is 49.8 cm³/mol. The highest BCUT2D eigenvalue weighted by Gasteiger charge is 2.20. The van der Waals surface area contributed by atoms with Crippen LogP contribution in [0.5, 0.6) is 0 Å². The number of carboxylic acid groups (broad SMARTS) is 2. The molecule has 1 aromatic carbocycles. The molecule has 0 unspecified atom stereocenters. The van der Waals surface area contributed by atoms with Crippen molar-refractivity contribution in [3.05, 3.63) is 28.3 Å². The highest BCUT2D eigenvalue weighted by atomic mass is 35.5. The van der Waals surface area contributed by atoms with Crippen molar-refractivity contribution in [3.8, 4) is 0 Å². The molecule has 0 saturated heterocycles. The molecule has 0 bridgehead atoms. The van der Waals surface area contributed by atoms with Crippen LogP contribution in [0.25, 0.3) is 0 Å². The van der Waals surface area contributed by atoms with Crippen molar-refractivity contribution < 1.29 is 19.8 Å². The largest absolute Gasteiger partial charge is 0.478 e. The molecule has 0 aliphatic carbocycles. The standard InChI is InChI=1S/C8H6ClNO4/c9-4-2-1-3(7(11)12)5(6(4)10)8(13)14/h1-2H,10H2,(H,11,12)(H,13,14). The maximum Gasteiger partial charge on any atom is 0.338 e. The Bertz CT molecular complexity index is 416. The molecule has 0 fully saturated rings. The molecule has 0 aromatic heterocycles. The smallest absolute Gasteiger partial charge is 0.338 e. The van der Waals surface area contributed by atoms with Crippen LogP contribution >= 0.6 is 11.6 Å². The van der Waals surface area contributed by atoms with Gasteiger partial charge in [-0.3, -0.25) is 0 Å². The van der Waals surface area contributed by atoms with Gasteiger partial charge in [-0.25, -0.2) is 9.59 Å². The molecule has 0 amide bonds. The first-order chi connectivity index (χ1) is 6.45. The Morgan fingerprint density at radius 3 is 2.21 bits per heavy atom. The maximum absolute atomic E-state index is 10.7. The minimum absolute atomic E-state index is 0.0207. The van der Waals surface area contributed by atoms with E-state index in [9.17, 15) is 9.59 Å². The van der Waals surface area contributed by atoms with E-state index in [2.05, 4.69) is 0 Å². The van der Waals surface area contributed by atoms with Gasteiger partial charge >= 0.3 is 11.9 Å². The summed E-state index contributed by atoms with van der Waals surface area (Å²) in [4.78, 5) is 21.3. The number of aromatic carboxylic acids is 2. The SMILES string of the molecule is Nc1c(Cl)ccc(C(=O)O)c1C(=O)O. The van der Waals surface area contributed by atoms with E-state index in [-0.39, 0.29) is 16.3 Å². The first-order valence-electron chi connectivity index (χ1n) is 3.49. The predicted octanol–water partition coefficient (Wildman–Crippen LogP) is 1.32. The molecule has 0 atom stereocenters. The summed E-state index contributed by atoms with van der Waals surface area (Å²) in [5.74, 6) is -2.77. The van der Waals surface area contributed by atoms with Gasteiger partial charge in [-0.05, 0) is 12.1 Å². The Balaban J connectivity index is 3.53. The van der Waals surface area contributed by atoms with E-state index >= 15 is 0 Å². The summed E-state index contributed by atoms with van der Waals surface area (Å²) in [6, 6.07) is 2.34. The maximum atomic E-state index is 10.7. The second-order valence-electron chi connectivity index (χ2n) is 2.49. The summed E-state index contributed by atoms with van der Waals surface area (Å²) >= 11 is 5.55. The monoisotopic (exact) mass is 215 g/mol. The van der Waals surface area contributed by atoms with Crippen LogP contribution in [0, 0.1) is 0 Å². The number of hydrogen-bond acceptors (Lipinski definition) is 3. The van der Waals surface area contributed by atoms with Crippen molar-refractivity contribution in [2.75, 3.05) is 5.73 Å². The lowest BCUT2D eigenvalue weighted by Gasteiger charge is -2.06. The van der Waals surface area contributed by atoms with E-state index in [0.29, 0.717) is 0 Å². The van der Waals surface area contributed by atoms with Crippen LogP contribution in [0.15, 0.2) is 12.1 Å². The van der Waals surface area contributed by atoms with Crippen LogP contribution in [0.3, 0.4) is 0 Å². The quantitative estimate of drug-likeness (QED) is 0.646. The van der Waals surface area contributed by atoms with Crippen LogP contribution in [0.1, 0.15) is 20.7 Å². The van der Waals surface area contributed by atoms with Crippen LogP contribution in [0.2, 0.25) is 5.02 Å². The molecule has 74 valence electrons. The van der Waals surface area contributed by atoms with Crippen molar-refractivity contribution in [3.63, 3.8) is 0 Å². The Labute approximate surface area is 83.7 Å². The van der Waals surface area contributed by atoms with Crippen LogP contribution in [-0.4, -0.2) is 22.2 Å². The topological polar surface area (TPSA) is 101 Å². The third kappa shape index (κ3) is 1.62. The fraction of sp³-hybridized carbons (Fsp3) is 0. The van der Waals surface area contributed by atoms with E-state index in [1.54, 1.807) is 0 Å². The zero-order valence-corrected chi connectivity index (χ0v) is 7.58. The Kier molecular flexibility index (Phi) is 2.62. The molecular formula is C8H6ClNO4. The van der Waals surface area contributed by atoms with Gasteiger partial charge in [0, 0.05) is 0 Å². The van der Waals surface area contributed by atoms with Crippen LogP contribution in [-0.2, 0) is 0 Å². The fourth-order valence-electron chi connectivity index (χ4n) is 1.00. The molecule has 14 heavy (non-hydrogen) atoms. The van der Waals surface area contributed by atoms with Crippen molar-refractivity contribution >= 4 is 29.2 Å². The first-order valence-corrected chi connectivity index (χ1v) is 3.87. The van der Waals surface area contributed by atoms with E-state index in [1.807, 2.05) is 0 Å². The molecule has 1 rings (SSSR count). The number of carboxylic acids is 2. The van der Waals surface area contributed by atoms with Gasteiger partial charge in [0.2, 0.25) is 0 Å². The van der Waals surface area contributed by atoms with Crippen molar-refractivity contribution in [1.82, 2.24) is 0 Å². The Morgan fingerprint density at radius 2 is 1.79 bits per heavy atom. The molecule has 0 spiro atoms. The van der Waals surface area contributed by atoms with E-state index in [0.717, 1.165) is 6.07 Å². The average molecular weight is 216 g/mol. The number of benzene rings is 1. The van der Waals surface area contributed by atoms with Crippen LogP contribution < -0.4 is 5.73 Å². The summed E-state index contributed by atoms with van der Waals surface area (Å²) < 4.78 is 0. The highest BCUT2D eigenvalue weighted by molar-refractivity contribution is 6.34. The van der Waals surface area contributed by atoms with Gasteiger partial charge < -0.3 is 15.9 Å². The van der Waals surface area contributed by atoms with E-state index < -0.39 is 17.5 Å². The summed E-state index contributed by atoms with van der Waals surface area (Å²) in [5.41, 5.74) is 4.25. The average Bonchev–Trinajstić information content (AvgIpc) is 2.08. The van der Waals surface area contributed by atoms with Gasteiger partial charge in [0.25, 0.3) is 0 Å². The number of hydrogen-bond donors (Lipinski definition) is 3. The second-order valence-corrected chi connectivity index (χ2v) is 2.90. The van der Waals surface area contributed by atoms with Gasteiger partial charge in [0.05, 0.1) is 21.8 Å². The minimum atomic E-state index is -1.41. The number of nitrogens with two attached hydrogens (primary N) is 1. The third-order valence-electron chi connectivity index (χ3n) is 1.64. The number of rotatable bonds is 2. The molecule has 0 aliphatic heterocycles. The second kappa shape index (κ2) is 3.55. The van der Waals surface area contributed by atoms with Gasteiger partial charge in [0.1, 0.15) is 0 Å². The van der Waals surface area contributed by atoms with Crippen molar-refractivity contribution in [1.29, 1.82) is 0 Å². The lowest BCUT2D eigenvalue weighted by atomic mass is 10.1.